The van der Waals surface area contributed by atoms with Gasteiger partial charge in [0.1, 0.15) is 5.69 Å². The molecule has 5 nitrogen and oxygen atoms in total. The number of hydrogen-bond acceptors (Lipinski definition) is 5. The number of aromatic carboxylic acids is 1. The van der Waals surface area contributed by atoms with Crippen LogP contribution in [-0.4, -0.2) is 27.7 Å². The summed E-state index contributed by atoms with van der Waals surface area (Å²) >= 11 is 3.17. The predicted molar refractivity (Wildman–Crippen MR) is 80.3 cm³/mol. The molecule has 7 heteroatoms. The SMILES string of the molecule is O=C(CSCc1cccs1)Nc1ccnc(C(=O)O)c1. The van der Waals surface area contributed by atoms with Gasteiger partial charge >= 0.3 is 5.97 Å². The molecule has 20 heavy (non-hydrogen) atoms. The van der Waals surface area contributed by atoms with Gasteiger partial charge < -0.3 is 10.4 Å². The molecule has 1 amide bonds. The molecule has 0 aliphatic rings. The number of aromatic nitrogens is 1. The number of carbonyl (C=O) groups excluding carboxylic acids is 1. The Morgan fingerprint density at radius 2 is 2.25 bits per heavy atom. The molecule has 0 aliphatic heterocycles. The Labute approximate surface area is 124 Å². The van der Waals surface area contributed by atoms with E-state index in [2.05, 4.69) is 10.3 Å². The van der Waals surface area contributed by atoms with Gasteiger partial charge in [-0.05, 0) is 23.6 Å². The van der Waals surface area contributed by atoms with Gasteiger partial charge in [0.2, 0.25) is 5.91 Å². The minimum atomic E-state index is -1.12. The lowest BCUT2D eigenvalue weighted by Crippen LogP contribution is -2.14. The molecule has 0 spiro atoms. The number of carbonyl (C=O) groups is 2. The molecule has 2 heterocycles. The molecule has 2 rings (SSSR count). The summed E-state index contributed by atoms with van der Waals surface area (Å²) in [7, 11) is 0. The highest BCUT2D eigenvalue weighted by Gasteiger charge is 2.07. The highest BCUT2D eigenvalue weighted by molar-refractivity contribution is 7.99. The van der Waals surface area contributed by atoms with Gasteiger partial charge in [0.05, 0.1) is 5.75 Å². The highest BCUT2D eigenvalue weighted by atomic mass is 32.2. The monoisotopic (exact) mass is 308 g/mol. The zero-order valence-corrected chi connectivity index (χ0v) is 12.0. The number of amides is 1. The van der Waals surface area contributed by atoms with Gasteiger partial charge in [-0.25, -0.2) is 9.78 Å². The van der Waals surface area contributed by atoms with E-state index in [-0.39, 0.29) is 11.6 Å². The normalized spacial score (nSPS) is 10.2. The number of hydrogen-bond donors (Lipinski definition) is 2. The van der Waals surface area contributed by atoms with Crippen molar-refractivity contribution < 1.29 is 14.7 Å². The summed E-state index contributed by atoms with van der Waals surface area (Å²) in [6.07, 6.45) is 1.36. The van der Waals surface area contributed by atoms with E-state index in [1.165, 1.54) is 28.9 Å². The number of thiophene rings is 1. The Morgan fingerprint density at radius 1 is 1.40 bits per heavy atom. The summed E-state index contributed by atoms with van der Waals surface area (Å²) in [5, 5.41) is 13.5. The fourth-order valence-corrected chi connectivity index (χ4v) is 3.13. The summed E-state index contributed by atoms with van der Waals surface area (Å²) in [6, 6.07) is 6.90. The van der Waals surface area contributed by atoms with Crippen molar-refractivity contribution in [1.29, 1.82) is 0 Å². The van der Waals surface area contributed by atoms with E-state index in [9.17, 15) is 9.59 Å². The first-order valence-electron chi connectivity index (χ1n) is 5.74. The van der Waals surface area contributed by atoms with Crippen LogP contribution in [0.2, 0.25) is 0 Å². The van der Waals surface area contributed by atoms with Crippen LogP contribution in [0.15, 0.2) is 35.8 Å². The molecule has 0 aromatic carbocycles. The predicted octanol–water partition coefficient (Wildman–Crippen LogP) is 2.71. The van der Waals surface area contributed by atoms with Crippen molar-refractivity contribution in [1.82, 2.24) is 4.98 Å². The van der Waals surface area contributed by atoms with E-state index in [0.29, 0.717) is 11.4 Å². The van der Waals surface area contributed by atoms with E-state index in [1.807, 2.05) is 17.5 Å². The number of carboxylic acids is 1. The van der Waals surface area contributed by atoms with Crippen LogP contribution in [0.4, 0.5) is 5.69 Å². The zero-order chi connectivity index (χ0) is 14.4. The van der Waals surface area contributed by atoms with Crippen molar-refractivity contribution >= 4 is 40.7 Å². The van der Waals surface area contributed by atoms with Crippen LogP contribution < -0.4 is 5.32 Å². The molecule has 0 bridgehead atoms. The Kier molecular flexibility index (Phi) is 5.14. The van der Waals surface area contributed by atoms with Crippen molar-refractivity contribution in [2.24, 2.45) is 0 Å². The summed E-state index contributed by atoms with van der Waals surface area (Å²) in [6.45, 7) is 0. The molecule has 0 unspecified atom stereocenters. The van der Waals surface area contributed by atoms with Crippen molar-refractivity contribution in [3.05, 3.63) is 46.4 Å². The topological polar surface area (TPSA) is 79.3 Å². The lowest BCUT2D eigenvalue weighted by atomic mass is 10.3. The summed E-state index contributed by atoms with van der Waals surface area (Å²) in [4.78, 5) is 27.4. The largest absolute Gasteiger partial charge is 0.477 e. The molecule has 2 aromatic rings. The molecular formula is C13H12N2O3S2. The van der Waals surface area contributed by atoms with Crippen molar-refractivity contribution in [2.45, 2.75) is 5.75 Å². The second-order valence-corrected chi connectivity index (χ2v) is 5.87. The lowest BCUT2D eigenvalue weighted by Gasteiger charge is -2.05. The molecular weight excluding hydrogens is 296 g/mol. The minimum absolute atomic E-state index is 0.0889. The van der Waals surface area contributed by atoms with Crippen molar-refractivity contribution in [3.63, 3.8) is 0 Å². The maximum Gasteiger partial charge on any atom is 0.354 e. The minimum Gasteiger partial charge on any atom is -0.477 e. The standard InChI is InChI=1S/C13H12N2O3S2/c16-12(8-19-7-10-2-1-5-20-10)15-9-3-4-14-11(6-9)13(17)18/h1-6H,7-8H2,(H,17,18)(H,14,15,16). The number of anilines is 1. The molecule has 0 saturated carbocycles. The molecule has 2 N–H and O–H groups in total. The quantitative estimate of drug-likeness (QED) is 0.857. The number of thioether (sulfide) groups is 1. The number of nitrogens with zero attached hydrogens (tertiary/aromatic N) is 1. The van der Waals surface area contributed by atoms with E-state index in [0.717, 1.165) is 5.75 Å². The van der Waals surface area contributed by atoms with Crippen LogP contribution in [0.5, 0.6) is 0 Å². The smallest absolute Gasteiger partial charge is 0.354 e. The van der Waals surface area contributed by atoms with Crippen LogP contribution in [-0.2, 0) is 10.5 Å². The van der Waals surface area contributed by atoms with E-state index in [1.54, 1.807) is 17.4 Å². The maximum atomic E-state index is 11.7. The van der Waals surface area contributed by atoms with Gasteiger partial charge in [-0.15, -0.1) is 23.1 Å². The van der Waals surface area contributed by atoms with Gasteiger partial charge in [-0.2, -0.15) is 0 Å². The number of rotatable bonds is 6. The third kappa shape index (κ3) is 4.36. The van der Waals surface area contributed by atoms with E-state index >= 15 is 0 Å². The summed E-state index contributed by atoms with van der Waals surface area (Å²) in [5.41, 5.74) is 0.355. The highest BCUT2D eigenvalue weighted by Crippen LogP contribution is 2.17. The second-order valence-electron chi connectivity index (χ2n) is 3.86. The average molecular weight is 308 g/mol. The van der Waals surface area contributed by atoms with Gasteiger partial charge in [-0.1, -0.05) is 6.07 Å². The number of nitrogens with one attached hydrogen (secondary N) is 1. The number of pyridine rings is 1. The van der Waals surface area contributed by atoms with Gasteiger partial charge in [-0.3, -0.25) is 4.79 Å². The summed E-state index contributed by atoms with van der Waals surface area (Å²) in [5.74, 6) is -0.160. The zero-order valence-electron chi connectivity index (χ0n) is 10.4. The van der Waals surface area contributed by atoms with Crippen LogP contribution >= 0.6 is 23.1 Å². The first-order chi connectivity index (χ1) is 9.65. The van der Waals surface area contributed by atoms with Crippen LogP contribution in [0.25, 0.3) is 0 Å². The average Bonchev–Trinajstić information content (AvgIpc) is 2.92. The van der Waals surface area contributed by atoms with Crippen molar-refractivity contribution in [3.8, 4) is 0 Å². The molecule has 0 aliphatic carbocycles. The first kappa shape index (κ1) is 14.5. The Bertz CT molecular complexity index is 599. The Balaban J connectivity index is 1.82. The third-order valence-electron chi connectivity index (χ3n) is 2.32. The third-order valence-corrected chi connectivity index (χ3v) is 4.36. The van der Waals surface area contributed by atoms with Crippen molar-refractivity contribution in [2.75, 3.05) is 11.1 Å². The van der Waals surface area contributed by atoms with E-state index in [4.69, 9.17) is 5.11 Å². The van der Waals surface area contributed by atoms with Gasteiger partial charge in [0.15, 0.2) is 0 Å². The van der Waals surface area contributed by atoms with Crippen LogP contribution in [0, 0.1) is 0 Å². The fraction of sp³-hybridized carbons (Fsp3) is 0.154. The van der Waals surface area contributed by atoms with Gasteiger partial charge in [0, 0.05) is 22.5 Å². The molecule has 0 saturated heterocycles. The molecule has 0 radical (unpaired) electrons. The Hall–Kier alpha value is -1.86. The molecule has 0 atom stereocenters. The maximum absolute atomic E-state index is 11.7. The van der Waals surface area contributed by atoms with Gasteiger partial charge in [0.25, 0.3) is 0 Å². The van der Waals surface area contributed by atoms with Crippen LogP contribution in [0.1, 0.15) is 15.4 Å². The molecule has 0 fully saturated rings. The lowest BCUT2D eigenvalue weighted by molar-refractivity contribution is -0.113. The van der Waals surface area contributed by atoms with Crippen LogP contribution in [0.3, 0.4) is 0 Å². The Morgan fingerprint density at radius 3 is 2.95 bits per heavy atom. The first-order valence-corrected chi connectivity index (χ1v) is 7.78. The second kappa shape index (κ2) is 7.06. The fourth-order valence-electron chi connectivity index (χ4n) is 1.46. The number of carboxylic acid groups (broad SMARTS) is 1. The molecule has 104 valence electrons. The summed E-state index contributed by atoms with van der Waals surface area (Å²) < 4.78 is 0. The molecule has 2 aromatic heterocycles. The van der Waals surface area contributed by atoms with E-state index < -0.39 is 5.97 Å².